The minimum absolute atomic E-state index is 0.0286. The fourth-order valence-corrected chi connectivity index (χ4v) is 3.54. The fraction of sp³-hybridized carbons (Fsp3) is 0.227. The van der Waals surface area contributed by atoms with Crippen LogP contribution in [0.25, 0.3) is 21.9 Å². The van der Waals surface area contributed by atoms with Crippen LogP contribution in [0.15, 0.2) is 48.7 Å². The van der Waals surface area contributed by atoms with Gasteiger partial charge in [0.05, 0.1) is 11.6 Å². The van der Waals surface area contributed by atoms with Gasteiger partial charge in [0.25, 0.3) is 5.91 Å². The van der Waals surface area contributed by atoms with Crippen LogP contribution in [0.2, 0.25) is 0 Å². The predicted octanol–water partition coefficient (Wildman–Crippen LogP) is 2.21. The van der Waals surface area contributed by atoms with E-state index in [2.05, 4.69) is 10.3 Å². The molecule has 0 aliphatic carbocycles. The lowest BCUT2D eigenvalue weighted by molar-refractivity contribution is -0.139. The van der Waals surface area contributed by atoms with Gasteiger partial charge in [-0.25, -0.2) is 9.37 Å². The first-order valence-electron chi connectivity index (χ1n) is 9.48. The molecule has 7 nitrogen and oxygen atoms in total. The van der Waals surface area contributed by atoms with E-state index in [0.29, 0.717) is 40.8 Å². The molecule has 1 aromatic heterocycles. The minimum Gasteiger partial charge on any atom is -0.383 e. The standard InChI is InChI=1S/C22H21FN4O3/c1-30-12-20(28)27-10-16(11-27)26-22(29)19-9-25-21(24)18-8-14(5-6-17(18)19)13-3-2-4-15(23)7-13/h2-9,16H,10-12H2,1H3,(H2,24,25)(H,26,29). The zero-order valence-electron chi connectivity index (χ0n) is 16.4. The molecule has 0 unspecified atom stereocenters. The van der Waals surface area contributed by atoms with Gasteiger partial charge < -0.3 is 20.7 Å². The molecule has 8 heteroatoms. The quantitative estimate of drug-likeness (QED) is 0.675. The van der Waals surface area contributed by atoms with Crippen LogP contribution in [-0.4, -0.2) is 54.5 Å². The summed E-state index contributed by atoms with van der Waals surface area (Å²) in [7, 11) is 1.47. The van der Waals surface area contributed by atoms with Gasteiger partial charge in [-0.3, -0.25) is 9.59 Å². The average Bonchev–Trinajstić information content (AvgIpc) is 2.70. The molecule has 0 radical (unpaired) electrons. The number of nitrogens with one attached hydrogen (secondary N) is 1. The first-order valence-corrected chi connectivity index (χ1v) is 9.48. The van der Waals surface area contributed by atoms with Gasteiger partial charge in [-0.05, 0) is 34.7 Å². The lowest BCUT2D eigenvalue weighted by atomic mass is 9.99. The molecule has 0 spiro atoms. The number of nitrogens with zero attached hydrogens (tertiary/aromatic N) is 2. The van der Waals surface area contributed by atoms with E-state index in [1.165, 1.54) is 25.4 Å². The summed E-state index contributed by atoms with van der Waals surface area (Å²) >= 11 is 0. The van der Waals surface area contributed by atoms with E-state index >= 15 is 0 Å². The van der Waals surface area contributed by atoms with Crippen LogP contribution in [0, 0.1) is 5.82 Å². The number of hydrogen-bond donors (Lipinski definition) is 2. The van der Waals surface area contributed by atoms with Gasteiger partial charge in [0.15, 0.2) is 0 Å². The highest BCUT2D eigenvalue weighted by molar-refractivity contribution is 6.10. The Kier molecular flexibility index (Phi) is 5.33. The molecule has 1 aliphatic rings. The second-order valence-corrected chi connectivity index (χ2v) is 7.23. The van der Waals surface area contributed by atoms with E-state index in [9.17, 15) is 14.0 Å². The topological polar surface area (TPSA) is 97.5 Å². The number of anilines is 1. The number of likely N-dealkylation sites (tertiary alicyclic amines) is 1. The second kappa shape index (κ2) is 8.08. The molecule has 30 heavy (non-hydrogen) atoms. The molecule has 3 aromatic rings. The largest absolute Gasteiger partial charge is 0.383 e. The Balaban J connectivity index is 1.56. The van der Waals surface area contributed by atoms with Gasteiger partial charge >= 0.3 is 0 Å². The van der Waals surface area contributed by atoms with Gasteiger partial charge in [-0.1, -0.05) is 24.3 Å². The van der Waals surface area contributed by atoms with Crippen LogP contribution in [0.4, 0.5) is 10.2 Å². The number of aromatic nitrogens is 1. The normalized spacial score (nSPS) is 13.9. The molecule has 2 amide bonds. The third-order valence-corrected chi connectivity index (χ3v) is 5.16. The second-order valence-electron chi connectivity index (χ2n) is 7.23. The summed E-state index contributed by atoms with van der Waals surface area (Å²) in [5, 5.41) is 4.20. The maximum absolute atomic E-state index is 13.6. The highest BCUT2D eigenvalue weighted by atomic mass is 19.1. The van der Waals surface area contributed by atoms with Crippen molar-refractivity contribution in [1.29, 1.82) is 0 Å². The SMILES string of the molecule is COCC(=O)N1CC(NC(=O)c2cnc(N)c3cc(-c4cccc(F)c4)ccc23)C1. The smallest absolute Gasteiger partial charge is 0.253 e. The van der Waals surface area contributed by atoms with Crippen LogP contribution in [0.1, 0.15) is 10.4 Å². The number of carbonyl (C=O) groups excluding carboxylic acids is 2. The summed E-state index contributed by atoms with van der Waals surface area (Å²) in [4.78, 5) is 30.3. The Morgan fingerprint density at radius 1 is 1.20 bits per heavy atom. The third kappa shape index (κ3) is 3.81. The highest BCUT2D eigenvalue weighted by Gasteiger charge is 2.32. The molecule has 1 fully saturated rings. The van der Waals surface area contributed by atoms with Crippen molar-refractivity contribution in [3.63, 3.8) is 0 Å². The molecule has 0 saturated carbocycles. The van der Waals surface area contributed by atoms with Crippen molar-refractivity contribution in [2.24, 2.45) is 0 Å². The number of fused-ring (bicyclic) bond motifs is 1. The Hall–Kier alpha value is -3.52. The number of amides is 2. The maximum Gasteiger partial charge on any atom is 0.253 e. The summed E-state index contributed by atoms with van der Waals surface area (Å²) in [6, 6.07) is 11.5. The lowest BCUT2D eigenvalue weighted by Crippen LogP contribution is -2.61. The van der Waals surface area contributed by atoms with Gasteiger partial charge in [0.2, 0.25) is 5.91 Å². The van der Waals surface area contributed by atoms with Crippen molar-refractivity contribution in [2.45, 2.75) is 6.04 Å². The number of methoxy groups -OCH3 is 1. The molecule has 4 rings (SSSR count). The molecule has 1 aliphatic heterocycles. The fourth-order valence-electron chi connectivity index (χ4n) is 3.54. The van der Waals surface area contributed by atoms with Crippen molar-refractivity contribution >= 4 is 28.4 Å². The first kappa shape index (κ1) is 19.8. The van der Waals surface area contributed by atoms with E-state index in [-0.39, 0.29) is 30.3 Å². The highest BCUT2D eigenvalue weighted by Crippen LogP contribution is 2.29. The number of nitrogen functional groups attached to an aromatic ring is 1. The third-order valence-electron chi connectivity index (χ3n) is 5.16. The van der Waals surface area contributed by atoms with Crippen LogP contribution in [-0.2, 0) is 9.53 Å². The number of rotatable bonds is 5. The Bertz CT molecular complexity index is 1130. The molecule has 2 aromatic carbocycles. The molecule has 1 saturated heterocycles. The number of halogens is 1. The number of ether oxygens (including phenoxy) is 1. The molecular formula is C22H21FN4O3. The maximum atomic E-state index is 13.6. The van der Waals surface area contributed by atoms with Gasteiger partial charge in [-0.2, -0.15) is 0 Å². The Morgan fingerprint density at radius 2 is 1.97 bits per heavy atom. The lowest BCUT2D eigenvalue weighted by Gasteiger charge is -2.39. The van der Waals surface area contributed by atoms with Crippen LogP contribution < -0.4 is 11.1 Å². The number of hydrogen-bond acceptors (Lipinski definition) is 5. The summed E-state index contributed by atoms with van der Waals surface area (Å²) in [6.45, 7) is 0.913. The number of nitrogens with two attached hydrogens (primary N) is 1. The Labute approximate surface area is 172 Å². The van der Waals surface area contributed by atoms with Crippen molar-refractivity contribution in [3.8, 4) is 11.1 Å². The predicted molar refractivity (Wildman–Crippen MR) is 111 cm³/mol. The van der Waals surface area contributed by atoms with E-state index in [0.717, 1.165) is 5.56 Å². The minimum atomic E-state index is -0.328. The number of carbonyl (C=O) groups is 2. The molecular weight excluding hydrogens is 387 g/mol. The number of benzene rings is 2. The molecule has 154 valence electrons. The Morgan fingerprint density at radius 3 is 2.70 bits per heavy atom. The van der Waals surface area contributed by atoms with Crippen molar-refractivity contribution < 1.29 is 18.7 Å². The molecule has 2 heterocycles. The van der Waals surface area contributed by atoms with Gasteiger partial charge in [0, 0.05) is 31.8 Å². The van der Waals surface area contributed by atoms with Crippen molar-refractivity contribution in [2.75, 3.05) is 32.5 Å². The van der Waals surface area contributed by atoms with E-state index in [4.69, 9.17) is 10.5 Å². The van der Waals surface area contributed by atoms with Crippen LogP contribution in [0.5, 0.6) is 0 Å². The first-order chi connectivity index (χ1) is 14.5. The van der Waals surface area contributed by atoms with Crippen LogP contribution >= 0.6 is 0 Å². The zero-order valence-corrected chi connectivity index (χ0v) is 16.4. The van der Waals surface area contributed by atoms with Crippen molar-refractivity contribution in [3.05, 3.63) is 60.0 Å². The van der Waals surface area contributed by atoms with E-state index in [1.807, 2.05) is 6.07 Å². The summed E-state index contributed by atoms with van der Waals surface area (Å²) in [5.41, 5.74) is 7.93. The molecule has 0 bridgehead atoms. The van der Waals surface area contributed by atoms with Gasteiger partial charge in [-0.15, -0.1) is 0 Å². The molecule has 0 atom stereocenters. The number of pyridine rings is 1. The average molecular weight is 408 g/mol. The molecule has 3 N–H and O–H groups in total. The van der Waals surface area contributed by atoms with Crippen molar-refractivity contribution in [1.82, 2.24) is 15.2 Å². The van der Waals surface area contributed by atoms with E-state index in [1.54, 1.807) is 29.2 Å². The van der Waals surface area contributed by atoms with E-state index < -0.39 is 0 Å². The monoisotopic (exact) mass is 408 g/mol. The summed E-state index contributed by atoms with van der Waals surface area (Å²) in [6.07, 6.45) is 1.45. The van der Waals surface area contributed by atoms with Crippen LogP contribution in [0.3, 0.4) is 0 Å². The zero-order chi connectivity index (χ0) is 21.3. The summed E-state index contributed by atoms with van der Waals surface area (Å²) in [5.74, 6) is -0.424. The van der Waals surface area contributed by atoms with Gasteiger partial charge in [0.1, 0.15) is 18.2 Å². The summed E-state index contributed by atoms with van der Waals surface area (Å²) < 4.78 is 18.4.